The van der Waals surface area contributed by atoms with Gasteiger partial charge < -0.3 is 5.32 Å². The second-order valence-corrected chi connectivity index (χ2v) is 2.97. The van der Waals surface area contributed by atoms with Crippen molar-refractivity contribution in [3.8, 4) is 0 Å². The number of carbonyl (C=O) groups is 1. The van der Waals surface area contributed by atoms with Crippen LogP contribution in [0, 0.1) is 5.92 Å². The van der Waals surface area contributed by atoms with Gasteiger partial charge in [0, 0.05) is 18.4 Å². The monoisotopic (exact) mass is 141 g/mol. The van der Waals surface area contributed by atoms with Crippen LogP contribution in [0.1, 0.15) is 26.2 Å². The van der Waals surface area contributed by atoms with Gasteiger partial charge in [-0.1, -0.05) is 6.92 Å². The van der Waals surface area contributed by atoms with Gasteiger partial charge in [0.2, 0.25) is 0 Å². The normalized spacial score (nSPS) is 31.4. The van der Waals surface area contributed by atoms with Crippen LogP contribution in [0.25, 0.3) is 0 Å². The Morgan fingerprint density at radius 1 is 1.60 bits per heavy atom. The van der Waals surface area contributed by atoms with Crippen molar-refractivity contribution in [2.45, 2.75) is 32.2 Å². The van der Waals surface area contributed by atoms with Gasteiger partial charge in [-0.05, 0) is 19.9 Å². The molecule has 0 unspecified atom stereocenters. The third-order valence-corrected chi connectivity index (χ3v) is 2.35. The summed E-state index contributed by atoms with van der Waals surface area (Å²) in [5.41, 5.74) is 0. The predicted molar refractivity (Wildman–Crippen MR) is 40.9 cm³/mol. The molecule has 0 atom stereocenters. The molecule has 1 saturated carbocycles. The molecule has 0 amide bonds. The molecule has 0 saturated heterocycles. The Hall–Kier alpha value is -0.370. The third-order valence-electron chi connectivity index (χ3n) is 2.35. The summed E-state index contributed by atoms with van der Waals surface area (Å²) in [4.78, 5) is 11.0. The van der Waals surface area contributed by atoms with E-state index in [1.54, 1.807) is 0 Å². The predicted octanol–water partition coefficient (Wildman–Crippen LogP) is 0.964. The number of ketones is 1. The minimum Gasteiger partial charge on any atom is -0.317 e. The Morgan fingerprint density at radius 2 is 2.20 bits per heavy atom. The maximum atomic E-state index is 11.0. The van der Waals surface area contributed by atoms with Crippen LogP contribution in [0.15, 0.2) is 0 Å². The smallest absolute Gasteiger partial charge is 0.135 e. The van der Waals surface area contributed by atoms with E-state index >= 15 is 0 Å². The van der Waals surface area contributed by atoms with Crippen molar-refractivity contribution in [3.05, 3.63) is 0 Å². The largest absolute Gasteiger partial charge is 0.317 e. The van der Waals surface area contributed by atoms with Crippen molar-refractivity contribution in [1.29, 1.82) is 0 Å². The minimum atomic E-state index is 0.377. The first-order valence-corrected chi connectivity index (χ1v) is 3.98. The lowest BCUT2D eigenvalue weighted by atomic mass is 9.77. The van der Waals surface area contributed by atoms with Gasteiger partial charge in [-0.3, -0.25) is 4.79 Å². The molecule has 0 aromatic rings. The topological polar surface area (TPSA) is 29.1 Å². The van der Waals surface area contributed by atoms with Crippen LogP contribution in [0.4, 0.5) is 0 Å². The van der Waals surface area contributed by atoms with E-state index in [0.717, 1.165) is 12.8 Å². The van der Waals surface area contributed by atoms with Crippen LogP contribution >= 0.6 is 0 Å². The fraction of sp³-hybridized carbons (Fsp3) is 0.875. The molecule has 1 N–H and O–H groups in total. The molecule has 0 aliphatic heterocycles. The number of Topliss-reactive ketones (excluding diaryl/α,β-unsaturated/α-hetero) is 1. The molecule has 2 heteroatoms. The Morgan fingerprint density at radius 3 is 2.60 bits per heavy atom. The molecule has 0 spiro atoms. The van der Waals surface area contributed by atoms with Gasteiger partial charge >= 0.3 is 0 Å². The van der Waals surface area contributed by atoms with E-state index in [1.807, 2.05) is 14.0 Å². The SMILES string of the molecule is CCC(=O)C1CC(NC)C1. The summed E-state index contributed by atoms with van der Waals surface area (Å²) >= 11 is 0. The highest BCUT2D eigenvalue weighted by Crippen LogP contribution is 2.28. The van der Waals surface area contributed by atoms with E-state index < -0.39 is 0 Å². The van der Waals surface area contributed by atoms with Crippen LogP contribution in [-0.2, 0) is 4.79 Å². The average molecular weight is 141 g/mol. The van der Waals surface area contributed by atoms with Crippen LogP contribution in [-0.4, -0.2) is 18.9 Å². The molecule has 1 fully saturated rings. The minimum absolute atomic E-state index is 0.377. The summed E-state index contributed by atoms with van der Waals surface area (Å²) in [5, 5.41) is 3.16. The molecule has 0 radical (unpaired) electrons. The third kappa shape index (κ3) is 1.37. The molecular weight excluding hydrogens is 126 g/mol. The van der Waals surface area contributed by atoms with Crippen molar-refractivity contribution in [2.75, 3.05) is 7.05 Å². The zero-order chi connectivity index (χ0) is 7.56. The Kier molecular flexibility index (Phi) is 2.44. The molecule has 0 aromatic heterocycles. The Labute approximate surface area is 62.0 Å². The number of hydrogen-bond donors (Lipinski definition) is 1. The number of rotatable bonds is 3. The summed E-state index contributed by atoms with van der Waals surface area (Å²) in [6.07, 6.45) is 2.83. The van der Waals surface area contributed by atoms with E-state index in [0.29, 0.717) is 24.2 Å². The van der Waals surface area contributed by atoms with E-state index in [2.05, 4.69) is 5.32 Å². The second-order valence-electron chi connectivity index (χ2n) is 2.97. The standard InChI is InChI=1S/C8H15NO/c1-3-8(10)6-4-7(5-6)9-2/h6-7,9H,3-5H2,1-2H3. The Balaban J connectivity index is 2.19. The fourth-order valence-electron chi connectivity index (χ4n) is 1.41. The summed E-state index contributed by atoms with van der Waals surface area (Å²) in [6.45, 7) is 1.94. The quantitative estimate of drug-likeness (QED) is 0.634. The summed E-state index contributed by atoms with van der Waals surface area (Å²) in [6, 6.07) is 0.612. The fourth-order valence-corrected chi connectivity index (χ4v) is 1.41. The van der Waals surface area contributed by atoms with Crippen molar-refractivity contribution >= 4 is 5.78 Å². The molecule has 0 bridgehead atoms. The highest BCUT2D eigenvalue weighted by Gasteiger charge is 2.31. The summed E-state index contributed by atoms with van der Waals surface area (Å²) in [5.74, 6) is 0.814. The molecule has 10 heavy (non-hydrogen) atoms. The van der Waals surface area contributed by atoms with Gasteiger partial charge in [0.1, 0.15) is 5.78 Å². The highest BCUT2D eigenvalue weighted by molar-refractivity contribution is 5.81. The molecule has 1 aliphatic rings. The number of carbonyl (C=O) groups excluding carboxylic acids is 1. The van der Waals surface area contributed by atoms with Crippen LogP contribution < -0.4 is 5.32 Å². The van der Waals surface area contributed by atoms with Gasteiger partial charge in [0.15, 0.2) is 0 Å². The lowest BCUT2D eigenvalue weighted by Gasteiger charge is -2.33. The number of hydrogen-bond acceptors (Lipinski definition) is 2. The van der Waals surface area contributed by atoms with Crippen molar-refractivity contribution in [1.82, 2.24) is 5.32 Å². The molecule has 1 rings (SSSR count). The maximum absolute atomic E-state index is 11.0. The van der Waals surface area contributed by atoms with E-state index in [1.165, 1.54) is 0 Å². The first kappa shape index (κ1) is 7.73. The van der Waals surface area contributed by atoms with E-state index in [9.17, 15) is 4.79 Å². The molecule has 58 valence electrons. The first-order chi connectivity index (χ1) is 4.77. The van der Waals surface area contributed by atoms with Gasteiger partial charge in [0.05, 0.1) is 0 Å². The molecular formula is C8H15NO. The lowest BCUT2D eigenvalue weighted by molar-refractivity contribution is -0.125. The average Bonchev–Trinajstić information content (AvgIpc) is 1.85. The molecule has 1 aliphatic carbocycles. The first-order valence-electron chi connectivity index (χ1n) is 3.98. The maximum Gasteiger partial charge on any atom is 0.135 e. The van der Waals surface area contributed by atoms with Crippen LogP contribution in [0.2, 0.25) is 0 Å². The molecule has 0 aromatic carbocycles. The van der Waals surface area contributed by atoms with Gasteiger partial charge in [-0.25, -0.2) is 0 Å². The zero-order valence-corrected chi connectivity index (χ0v) is 6.68. The van der Waals surface area contributed by atoms with Gasteiger partial charge in [-0.2, -0.15) is 0 Å². The van der Waals surface area contributed by atoms with Gasteiger partial charge in [0.25, 0.3) is 0 Å². The van der Waals surface area contributed by atoms with Crippen LogP contribution in [0.5, 0.6) is 0 Å². The Bertz CT molecular complexity index is 127. The molecule has 0 heterocycles. The zero-order valence-electron chi connectivity index (χ0n) is 6.68. The highest BCUT2D eigenvalue weighted by atomic mass is 16.1. The second kappa shape index (κ2) is 3.15. The van der Waals surface area contributed by atoms with Gasteiger partial charge in [-0.15, -0.1) is 0 Å². The lowest BCUT2D eigenvalue weighted by Crippen LogP contribution is -2.42. The summed E-state index contributed by atoms with van der Waals surface area (Å²) in [7, 11) is 1.96. The van der Waals surface area contributed by atoms with Crippen LogP contribution in [0.3, 0.4) is 0 Å². The van der Waals surface area contributed by atoms with Crippen molar-refractivity contribution < 1.29 is 4.79 Å². The van der Waals surface area contributed by atoms with Crippen molar-refractivity contribution in [2.24, 2.45) is 5.92 Å². The van der Waals surface area contributed by atoms with E-state index in [-0.39, 0.29) is 0 Å². The van der Waals surface area contributed by atoms with Crippen molar-refractivity contribution in [3.63, 3.8) is 0 Å². The number of nitrogens with one attached hydrogen (secondary N) is 1. The molecule has 2 nitrogen and oxygen atoms in total. The summed E-state index contributed by atoms with van der Waals surface area (Å²) < 4.78 is 0. The van der Waals surface area contributed by atoms with E-state index in [4.69, 9.17) is 0 Å².